The number of nitrogens with zero attached hydrogens (tertiary/aromatic N) is 2. The molecule has 0 saturated carbocycles. The molecule has 1 N–H and O–H groups in total. The van der Waals surface area contributed by atoms with Gasteiger partial charge < -0.3 is 19.7 Å². The Hall–Kier alpha value is -3.34. The topological polar surface area (TPSA) is 105 Å². The van der Waals surface area contributed by atoms with Crippen LogP contribution in [0, 0.1) is 5.82 Å². The molecular weight excluding hydrogens is 501 g/mol. The minimum absolute atomic E-state index is 0.0213. The van der Waals surface area contributed by atoms with Crippen molar-refractivity contribution >= 4 is 27.5 Å². The third kappa shape index (κ3) is 8.34. The van der Waals surface area contributed by atoms with E-state index in [1.165, 1.54) is 55.5 Å². The monoisotopic (exact) mass is 537 g/mol. The summed E-state index contributed by atoms with van der Waals surface area (Å²) in [7, 11) is -1.10. The molecule has 9 nitrogen and oxygen atoms in total. The van der Waals surface area contributed by atoms with E-state index in [9.17, 15) is 22.4 Å². The first kappa shape index (κ1) is 29.9. The van der Waals surface area contributed by atoms with Crippen molar-refractivity contribution in [3.63, 3.8) is 0 Å². The summed E-state index contributed by atoms with van der Waals surface area (Å²) in [6, 6.07) is 9.23. The van der Waals surface area contributed by atoms with Crippen molar-refractivity contribution in [2.24, 2.45) is 0 Å². The molecule has 0 aromatic heterocycles. The number of carbonyl (C=O) groups excluding carboxylic acids is 2. The molecule has 0 aliphatic carbocycles. The van der Waals surface area contributed by atoms with Gasteiger partial charge in [0, 0.05) is 18.2 Å². The van der Waals surface area contributed by atoms with E-state index >= 15 is 0 Å². The minimum Gasteiger partial charge on any atom is -0.497 e. The summed E-state index contributed by atoms with van der Waals surface area (Å²) in [4.78, 5) is 28.2. The molecule has 37 heavy (non-hydrogen) atoms. The molecule has 0 aliphatic heterocycles. The largest absolute Gasteiger partial charge is 0.497 e. The van der Waals surface area contributed by atoms with Crippen LogP contribution >= 0.6 is 0 Å². The lowest BCUT2D eigenvalue weighted by molar-refractivity contribution is -0.141. The number of benzene rings is 2. The first-order chi connectivity index (χ1) is 17.2. The van der Waals surface area contributed by atoms with Crippen LogP contribution in [0.15, 0.2) is 42.5 Å². The lowest BCUT2D eigenvalue weighted by atomic mass is 10.1. The van der Waals surface area contributed by atoms with Crippen molar-refractivity contribution in [2.45, 2.75) is 52.2 Å². The van der Waals surface area contributed by atoms with Crippen LogP contribution in [-0.2, 0) is 26.2 Å². The van der Waals surface area contributed by atoms with Gasteiger partial charge >= 0.3 is 0 Å². The molecule has 0 fully saturated rings. The summed E-state index contributed by atoms with van der Waals surface area (Å²) in [5.41, 5.74) is 0.183. The van der Waals surface area contributed by atoms with E-state index in [1.807, 2.05) is 20.8 Å². The van der Waals surface area contributed by atoms with E-state index in [2.05, 4.69) is 5.32 Å². The Morgan fingerprint density at radius 2 is 1.68 bits per heavy atom. The number of hydrogen-bond donors (Lipinski definition) is 1. The Labute approximate surface area is 218 Å². The van der Waals surface area contributed by atoms with Gasteiger partial charge in [-0.1, -0.05) is 19.1 Å². The number of methoxy groups -OCH3 is 2. The first-order valence-corrected chi connectivity index (χ1v) is 13.6. The molecule has 0 spiro atoms. The van der Waals surface area contributed by atoms with Gasteiger partial charge in [-0.05, 0) is 57.0 Å². The number of ether oxygens (including phenoxy) is 2. The van der Waals surface area contributed by atoms with E-state index in [1.54, 1.807) is 13.0 Å². The van der Waals surface area contributed by atoms with Gasteiger partial charge in [-0.3, -0.25) is 13.9 Å². The van der Waals surface area contributed by atoms with Crippen LogP contribution in [-0.4, -0.2) is 63.7 Å². The van der Waals surface area contributed by atoms with Gasteiger partial charge in [0.2, 0.25) is 21.8 Å². The average molecular weight is 538 g/mol. The van der Waals surface area contributed by atoms with Crippen LogP contribution in [0.3, 0.4) is 0 Å². The van der Waals surface area contributed by atoms with Crippen LogP contribution in [0.1, 0.15) is 39.7 Å². The summed E-state index contributed by atoms with van der Waals surface area (Å²) in [5.74, 6) is -0.778. The lowest BCUT2D eigenvalue weighted by Gasteiger charge is -2.34. The van der Waals surface area contributed by atoms with E-state index in [0.29, 0.717) is 11.3 Å². The van der Waals surface area contributed by atoms with Crippen molar-refractivity contribution < 1.29 is 31.9 Å². The molecule has 0 radical (unpaired) electrons. The van der Waals surface area contributed by atoms with Gasteiger partial charge in [0.1, 0.15) is 29.9 Å². The highest BCUT2D eigenvalue weighted by Crippen LogP contribution is 2.33. The van der Waals surface area contributed by atoms with Gasteiger partial charge in [-0.2, -0.15) is 0 Å². The van der Waals surface area contributed by atoms with Crippen LogP contribution < -0.4 is 19.1 Å². The second kappa shape index (κ2) is 12.3. The molecule has 2 aromatic carbocycles. The molecular formula is C26H36FN3O6S. The molecule has 1 atom stereocenters. The molecule has 2 rings (SSSR count). The number of nitrogens with one attached hydrogen (secondary N) is 1. The maximum absolute atomic E-state index is 13.7. The summed E-state index contributed by atoms with van der Waals surface area (Å²) < 4.78 is 50.6. The molecule has 0 heterocycles. The molecule has 0 bridgehead atoms. The Bertz CT molecular complexity index is 1200. The fraction of sp³-hybridized carbons (Fsp3) is 0.462. The average Bonchev–Trinajstić information content (AvgIpc) is 2.81. The van der Waals surface area contributed by atoms with Crippen molar-refractivity contribution in [1.29, 1.82) is 0 Å². The van der Waals surface area contributed by atoms with Gasteiger partial charge in [0.25, 0.3) is 0 Å². The Morgan fingerprint density at radius 1 is 1.05 bits per heavy atom. The number of hydrogen-bond acceptors (Lipinski definition) is 6. The fourth-order valence-corrected chi connectivity index (χ4v) is 4.60. The van der Waals surface area contributed by atoms with Crippen LogP contribution in [0.25, 0.3) is 0 Å². The summed E-state index contributed by atoms with van der Waals surface area (Å²) in [6.07, 6.45) is 1.26. The molecule has 2 amide bonds. The summed E-state index contributed by atoms with van der Waals surface area (Å²) >= 11 is 0. The number of rotatable bonds is 11. The maximum Gasteiger partial charge on any atom is 0.244 e. The first-order valence-electron chi connectivity index (χ1n) is 11.8. The van der Waals surface area contributed by atoms with E-state index < -0.39 is 39.9 Å². The van der Waals surface area contributed by atoms with Gasteiger partial charge in [-0.25, -0.2) is 12.8 Å². The summed E-state index contributed by atoms with van der Waals surface area (Å²) in [6.45, 7) is 6.63. The Morgan fingerprint density at radius 3 is 2.16 bits per heavy atom. The molecule has 204 valence electrons. The Kier molecular flexibility index (Phi) is 9.91. The third-order valence-electron chi connectivity index (χ3n) is 5.49. The minimum atomic E-state index is -3.94. The number of amides is 2. The maximum atomic E-state index is 13.7. The molecule has 0 aliphatic rings. The van der Waals surface area contributed by atoms with Crippen LogP contribution in [0.5, 0.6) is 11.5 Å². The molecule has 2 aromatic rings. The number of halogens is 1. The lowest BCUT2D eigenvalue weighted by Crippen LogP contribution is -2.55. The number of sulfonamides is 1. The van der Waals surface area contributed by atoms with E-state index in [0.717, 1.165) is 10.6 Å². The zero-order chi connectivity index (χ0) is 28.0. The summed E-state index contributed by atoms with van der Waals surface area (Å²) in [5, 5.41) is 2.89. The highest BCUT2D eigenvalue weighted by molar-refractivity contribution is 7.92. The van der Waals surface area contributed by atoms with Crippen LogP contribution in [0.4, 0.5) is 10.1 Å². The van der Waals surface area contributed by atoms with Crippen molar-refractivity contribution in [3.05, 3.63) is 53.8 Å². The number of anilines is 1. The molecule has 0 saturated heterocycles. The SMILES string of the molecule is CC[C@H](C(=O)NC(C)(C)C)N(Cc1ccc(F)cc1)C(=O)CN(c1ccc(OC)cc1OC)S(C)(=O)=O. The third-order valence-corrected chi connectivity index (χ3v) is 6.61. The van der Waals surface area contributed by atoms with E-state index in [4.69, 9.17) is 9.47 Å². The van der Waals surface area contributed by atoms with Crippen molar-refractivity contribution in [2.75, 3.05) is 31.3 Å². The number of carbonyl (C=O) groups is 2. The van der Waals surface area contributed by atoms with Gasteiger partial charge in [-0.15, -0.1) is 0 Å². The highest BCUT2D eigenvalue weighted by atomic mass is 32.2. The zero-order valence-corrected chi connectivity index (χ0v) is 23.2. The predicted octanol–water partition coefficient (Wildman–Crippen LogP) is 3.33. The smallest absolute Gasteiger partial charge is 0.244 e. The highest BCUT2D eigenvalue weighted by Gasteiger charge is 2.33. The van der Waals surface area contributed by atoms with Crippen LogP contribution in [0.2, 0.25) is 0 Å². The van der Waals surface area contributed by atoms with E-state index in [-0.39, 0.29) is 30.3 Å². The second-order valence-electron chi connectivity index (χ2n) is 9.62. The van der Waals surface area contributed by atoms with Gasteiger partial charge in [0.15, 0.2) is 0 Å². The zero-order valence-electron chi connectivity index (χ0n) is 22.4. The quantitative estimate of drug-likeness (QED) is 0.472. The normalized spacial score (nSPS) is 12.4. The second-order valence-corrected chi connectivity index (χ2v) is 11.5. The Balaban J connectivity index is 2.52. The fourth-order valence-electron chi connectivity index (χ4n) is 3.74. The van der Waals surface area contributed by atoms with Gasteiger partial charge in [0.05, 0.1) is 26.2 Å². The van der Waals surface area contributed by atoms with Crippen molar-refractivity contribution in [3.8, 4) is 11.5 Å². The molecule has 11 heteroatoms. The predicted molar refractivity (Wildman–Crippen MR) is 141 cm³/mol. The standard InChI is InChI=1S/C26H36FN3O6S/c1-8-21(25(32)28-26(2,3)4)29(16-18-9-11-19(27)12-10-18)24(31)17-30(37(7,33)34)22-14-13-20(35-5)15-23(22)36-6/h9-15,21H,8,16-17H2,1-7H3,(H,28,32)/t21-/m1/s1. The molecule has 0 unspecified atom stereocenters. The van der Waals surface area contributed by atoms with Crippen molar-refractivity contribution in [1.82, 2.24) is 10.2 Å².